The highest BCUT2D eigenvalue weighted by Gasteiger charge is 2.10. The summed E-state index contributed by atoms with van der Waals surface area (Å²) in [5, 5.41) is 2.61. The van der Waals surface area contributed by atoms with E-state index in [2.05, 4.69) is 108 Å². The lowest BCUT2D eigenvalue weighted by molar-refractivity contribution is 0.269. The van der Waals surface area contributed by atoms with Crippen molar-refractivity contribution in [2.45, 2.75) is 39.8 Å². The topological polar surface area (TPSA) is 17.4 Å². The van der Waals surface area contributed by atoms with Crippen LogP contribution in [-0.4, -0.2) is 29.2 Å². The Labute approximate surface area is 191 Å². The molecule has 0 atom stereocenters. The molecule has 0 aliphatic heterocycles. The summed E-state index contributed by atoms with van der Waals surface area (Å²) in [6.07, 6.45) is 6.66. The summed E-state index contributed by atoms with van der Waals surface area (Å²) in [4.78, 5) is 2.53. The maximum absolute atomic E-state index is 6.21. The molecule has 3 nitrogen and oxygen atoms in total. The van der Waals surface area contributed by atoms with E-state index in [1.807, 2.05) is 0 Å². The van der Waals surface area contributed by atoms with Crippen LogP contribution in [-0.2, 0) is 13.1 Å². The fraction of sp³-hybridized carbons (Fsp3) is 0.310. The van der Waals surface area contributed by atoms with Crippen LogP contribution in [0.2, 0.25) is 0 Å². The van der Waals surface area contributed by atoms with E-state index in [-0.39, 0.29) is 0 Å². The zero-order chi connectivity index (χ0) is 22.2. The number of allylic oxidation sites excluding steroid dienone is 1. The normalized spacial score (nSPS) is 11.8. The van der Waals surface area contributed by atoms with Gasteiger partial charge in [0.1, 0.15) is 12.4 Å². The molecule has 0 N–H and O–H groups in total. The number of fused-ring (bicyclic) bond motifs is 3. The van der Waals surface area contributed by atoms with E-state index >= 15 is 0 Å². The van der Waals surface area contributed by atoms with Crippen LogP contribution in [0.3, 0.4) is 0 Å². The van der Waals surface area contributed by atoms with Crippen LogP contribution in [0.4, 0.5) is 0 Å². The van der Waals surface area contributed by atoms with Crippen LogP contribution >= 0.6 is 0 Å². The lowest BCUT2D eigenvalue weighted by Crippen LogP contribution is -2.25. The molecule has 1 heterocycles. The minimum Gasteiger partial charge on any atom is -0.492 e. The molecule has 3 heteroatoms. The fourth-order valence-electron chi connectivity index (χ4n) is 4.50. The van der Waals surface area contributed by atoms with Gasteiger partial charge in [0.15, 0.2) is 0 Å². The fourth-order valence-corrected chi connectivity index (χ4v) is 4.50. The predicted molar refractivity (Wildman–Crippen MR) is 136 cm³/mol. The molecule has 1 aromatic heterocycles. The van der Waals surface area contributed by atoms with Crippen molar-refractivity contribution in [3.05, 3.63) is 90.5 Å². The van der Waals surface area contributed by atoms with E-state index in [9.17, 15) is 0 Å². The second kappa shape index (κ2) is 11.0. The Kier molecular flexibility index (Phi) is 7.63. The summed E-state index contributed by atoms with van der Waals surface area (Å²) < 4.78 is 8.58. The molecule has 166 valence electrons. The van der Waals surface area contributed by atoms with Crippen LogP contribution in [0.5, 0.6) is 5.75 Å². The van der Waals surface area contributed by atoms with Gasteiger partial charge in [-0.15, -0.1) is 0 Å². The van der Waals surface area contributed by atoms with E-state index in [0.717, 1.165) is 38.3 Å². The standard InChI is InChI=1S/C29H34N2O/c1-3-5-10-19-30(18-4-2)23-24-12-11-13-25(22-24)32-21-20-31-28-16-8-6-14-26(28)27-15-7-9-17-29(27)31/h3,5-9,11-17,22H,4,10,18-21,23H2,1-2H3/b5-3-. The van der Waals surface area contributed by atoms with Crippen molar-refractivity contribution in [2.24, 2.45) is 0 Å². The molecule has 0 bridgehead atoms. The van der Waals surface area contributed by atoms with Gasteiger partial charge in [-0.05, 0) is 56.1 Å². The maximum Gasteiger partial charge on any atom is 0.119 e. The molecule has 0 fully saturated rings. The lowest BCUT2D eigenvalue weighted by Gasteiger charge is -2.21. The average Bonchev–Trinajstić information content (AvgIpc) is 3.14. The molecule has 4 aromatic rings. The Morgan fingerprint density at radius 1 is 0.875 bits per heavy atom. The molecule has 0 saturated heterocycles. The first kappa shape index (κ1) is 22.2. The van der Waals surface area contributed by atoms with Gasteiger partial charge >= 0.3 is 0 Å². The SMILES string of the molecule is C/C=C\CCN(CCC)Cc1cccc(OCCn2c3ccccc3c3ccccc32)c1. The lowest BCUT2D eigenvalue weighted by atomic mass is 10.2. The van der Waals surface area contributed by atoms with Crippen molar-refractivity contribution in [2.75, 3.05) is 19.7 Å². The van der Waals surface area contributed by atoms with Gasteiger partial charge in [-0.2, -0.15) is 0 Å². The molecule has 0 amide bonds. The minimum absolute atomic E-state index is 0.645. The third-order valence-electron chi connectivity index (χ3n) is 5.96. The number of ether oxygens (including phenoxy) is 1. The average molecular weight is 427 g/mol. The van der Waals surface area contributed by atoms with Crippen LogP contribution in [0.15, 0.2) is 84.9 Å². The van der Waals surface area contributed by atoms with Crippen molar-refractivity contribution in [1.29, 1.82) is 0 Å². The van der Waals surface area contributed by atoms with E-state index in [0.29, 0.717) is 6.61 Å². The highest BCUT2D eigenvalue weighted by Crippen LogP contribution is 2.28. The summed E-state index contributed by atoms with van der Waals surface area (Å²) in [7, 11) is 0. The zero-order valence-corrected chi connectivity index (χ0v) is 19.3. The number of rotatable bonds is 11. The molecular weight excluding hydrogens is 392 g/mol. The number of hydrogen-bond donors (Lipinski definition) is 0. The van der Waals surface area contributed by atoms with Crippen LogP contribution in [0, 0.1) is 0 Å². The first-order valence-corrected chi connectivity index (χ1v) is 11.8. The largest absolute Gasteiger partial charge is 0.492 e. The Balaban J connectivity index is 1.43. The Morgan fingerprint density at radius 2 is 1.59 bits per heavy atom. The number of benzene rings is 3. The minimum atomic E-state index is 0.645. The van der Waals surface area contributed by atoms with Gasteiger partial charge < -0.3 is 9.30 Å². The molecule has 32 heavy (non-hydrogen) atoms. The van der Waals surface area contributed by atoms with Crippen molar-refractivity contribution in [3.8, 4) is 5.75 Å². The Hall–Kier alpha value is -3.04. The predicted octanol–water partition coefficient (Wildman–Crippen LogP) is 7.05. The van der Waals surface area contributed by atoms with Crippen molar-refractivity contribution in [3.63, 3.8) is 0 Å². The molecule has 0 aliphatic rings. The number of nitrogens with zero attached hydrogens (tertiary/aromatic N) is 2. The third kappa shape index (κ3) is 5.23. The van der Waals surface area contributed by atoms with Gasteiger partial charge in [-0.3, -0.25) is 4.90 Å². The van der Waals surface area contributed by atoms with Crippen LogP contribution in [0.25, 0.3) is 21.8 Å². The molecular formula is C29H34N2O. The second-order valence-electron chi connectivity index (χ2n) is 8.32. The number of hydrogen-bond acceptors (Lipinski definition) is 2. The molecule has 0 spiro atoms. The molecule has 0 aliphatic carbocycles. The Bertz CT molecular complexity index is 1120. The summed E-state index contributed by atoms with van der Waals surface area (Å²) in [5.41, 5.74) is 3.85. The molecule has 3 aromatic carbocycles. The molecule has 0 unspecified atom stereocenters. The first-order valence-electron chi connectivity index (χ1n) is 11.8. The van der Waals surface area contributed by atoms with Gasteiger partial charge in [0, 0.05) is 34.9 Å². The highest BCUT2D eigenvalue weighted by molar-refractivity contribution is 6.07. The smallest absolute Gasteiger partial charge is 0.119 e. The van der Waals surface area contributed by atoms with Crippen LogP contribution < -0.4 is 4.74 Å². The van der Waals surface area contributed by atoms with Crippen LogP contribution in [0.1, 0.15) is 32.3 Å². The van der Waals surface area contributed by atoms with E-state index < -0.39 is 0 Å². The first-order chi connectivity index (χ1) is 15.8. The second-order valence-corrected chi connectivity index (χ2v) is 8.32. The Morgan fingerprint density at radius 3 is 2.28 bits per heavy atom. The zero-order valence-electron chi connectivity index (χ0n) is 19.3. The molecule has 0 radical (unpaired) electrons. The van der Waals surface area contributed by atoms with Crippen molar-refractivity contribution >= 4 is 21.8 Å². The highest BCUT2D eigenvalue weighted by atomic mass is 16.5. The van der Waals surface area contributed by atoms with Gasteiger partial charge in [0.05, 0.1) is 6.54 Å². The van der Waals surface area contributed by atoms with Crippen molar-refractivity contribution in [1.82, 2.24) is 9.47 Å². The van der Waals surface area contributed by atoms with Gasteiger partial charge in [-0.1, -0.05) is 67.6 Å². The number of para-hydroxylation sites is 2. The molecule has 0 saturated carbocycles. The summed E-state index contributed by atoms with van der Waals surface area (Å²) >= 11 is 0. The molecule has 4 rings (SSSR count). The van der Waals surface area contributed by atoms with E-state index in [1.165, 1.54) is 33.8 Å². The van der Waals surface area contributed by atoms with E-state index in [4.69, 9.17) is 4.74 Å². The van der Waals surface area contributed by atoms with E-state index in [1.54, 1.807) is 0 Å². The van der Waals surface area contributed by atoms with Gasteiger partial charge in [0.25, 0.3) is 0 Å². The third-order valence-corrected chi connectivity index (χ3v) is 5.96. The maximum atomic E-state index is 6.21. The van der Waals surface area contributed by atoms with Crippen molar-refractivity contribution < 1.29 is 4.74 Å². The quantitative estimate of drug-likeness (QED) is 0.239. The summed E-state index contributed by atoms with van der Waals surface area (Å²) in [6.45, 7) is 8.99. The van der Waals surface area contributed by atoms with Gasteiger partial charge in [0.2, 0.25) is 0 Å². The summed E-state index contributed by atoms with van der Waals surface area (Å²) in [6, 6.07) is 25.8. The number of aromatic nitrogens is 1. The van der Waals surface area contributed by atoms with Gasteiger partial charge in [-0.25, -0.2) is 0 Å². The summed E-state index contributed by atoms with van der Waals surface area (Å²) in [5.74, 6) is 0.952. The monoisotopic (exact) mass is 426 g/mol.